The minimum atomic E-state index is -0.551. The van der Waals surface area contributed by atoms with E-state index in [2.05, 4.69) is 11.6 Å². The topological polar surface area (TPSA) is 68.2 Å². The second-order valence-corrected chi connectivity index (χ2v) is 7.11. The number of thioether (sulfide) groups is 1. The smallest absolute Gasteiger partial charge is 0.338 e. The molecule has 1 aromatic rings. The van der Waals surface area contributed by atoms with Crippen LogP contribution < -0.4 is 4.74 Å². The van der Waals surface area contributed by atoms with Crippen LogP contribution in [0.1, 0.15) is 31.9 Å². The van der Waals surface area contributed by atoms with Crippen molar-refractivity contribution in [1.82, 2.24) is 4.90 Å². The highest BCUT2D eigenvalue weighted by molar-refractivity contribution is 8.14. The van der Waals surface area contributed by atoms with Crippen molar-refractivity contribution >= 4 is 28.8 Å². The SMILES string of the molecule is C=CCOc1ccc(C2C(C(=O)OCC)=C(C)N=C3SCCC(=O)N32)cc1. The van der Waals surface area contributed by atoms with E-state index in [0.717, 1.165) is 5.56 Å². The van der Waals surface area contributed by atoms with Crippen molar-refractivity contribution in [1.29, 1.82) is 0 Å². The van der Waals surface area contributed by atoms with E-state index in [1.165, 1.54) is 11.8 Å². The van der Waals surface area contributed by atoms with Crippen molar-refractivity contribution in [2.75, 3.05) is 19.0 Å². The zero-order valence-corrected chi connectivity index (χ0v) is 16.3. The van der Waals surface area contributed by atoms with Gasteiger partial charge in [0.25, 0.3) is 0 Å². The number of fused-ring (bicyclic) bond motifs is 1. The van der Waals surface area contributed by atoms with Crippen LogP contribution in [-0.4, -0.2) is 40.9 Å². The standard InChI is InChI=1S/C20H22N2O4S/c1-4-11-26-15-8-6-14(7-9-15)18-17(19(24)25-5-2)13(3)21-20-22(18)16(23)10-12-27-20/h4,6-9,18H,1,5,10-12H2,2-3H3. The number of rotatable bonds is 6. The first-order chi connectivity index (χ1) is 13.1. The molecule has 142 valence electrons. The summed E-state index contributed by atoms with van der Waals surface area (Å²) in [6.07, 6.45) is 2.09. The van der Waals surface area contributed by atoms with E-state index < -0.39 is 12.0 Å². The van der Waals surface area contributed by atoms with Gasteiger partial charge >= 0.3 is 5.97 Å². The normalized spacial score (nSPS) is 19.3. The number of ether oxygens (including phenoxy) is 2. The van der Waals surface area contributed by atoms with E-state index in [1.807, 2.05) is 24.3 Å². The first-order valence-electron chi connectivity index (χ1n) is 8.82. The third-order valence-electron chi connectivity index (χ3n) is 4.27. The maximum atomic E-state index is 12.7. The Morgan fingerprint density at radius 1 is 1.41 bits per heavy atom. The Bertz CT molecular complexity index is 814. The van der Waals surface area contributed by atoms with E-state index >= 15 is 0 Å². The molecule has 1 aromatic carbocycles. The van der Waals surface area contributed by atoms with Gasteiger partial charge in [0.1, 0.15) is 12.4 Å². The Hall–Kier alpha value is -2.54. The molecule has 0 saturated carbocycles. The fraction of sp³-hybridized carbons (Fsp3) is 0.350. The minimum absolute atomic E-state index is 0.0428. The van der Waals surface area contributed by atoms with E-state index in [4.69, 9.17) is 9.47 Å². The van der Waals surface area contributed by atoms with Gasteiger partial charge in [0.05, 0.1) is 23.9 Å². The van der Waals surface area contributed by atoms with Gasteiger partial charge in [-0.25, -0.2) is 9.79 Å². The van der Waals surface area contributed by atoms with Crippen molar-refractivity contribution in [2.24, 2.45) is 4.99 Å². The number of benzene rings is 1. The number of carbonyl (C=O) groups excluding carboxylic acids is 2. The minimum Gasteiger partial charge on any atom is -0.490 e. The van der Waals surface area contributed by atoms with Gasteiger partial charge in [-0.1, -0.05) is 36.5 Å². The molecule has 2 aliphatic rings. The molecule has 2 heterocycles. The lowest BCUT2D eigenvalue weighted by molar-refractivity contribution is -0.139. The number of esters is 1. The fourth-order valence-corrected chi connectivity index (χ4v) is 4.09. The predicted molar refractivity (Wildman–Crippen MR) is 106 cm³/mol. The highest BCUT2D eigenvalue weighted by atomic mass is 32.2. The number of nitrogens with zero attached hydrogens (tertiary/aromatic N) is 2. The summed E-state index contributed by atoms with van der Waals surface area (Å²) in [5.74, 6) is 0.898. The molecule has 0 aromatic heterocycles. The Labute approximate surface area is 162 Å². The van der Waals surface area contributed by atoms with Crippen molar-refractivity contribution in [3.63, 3.8) is 0 Å². The van der Waals surface area contributed by atoms with Crippen molar-refractivity contribution in [2.45, 2.75) is 26.3 Å². The van der Waals surface area contributed by atoms with Crippen molar-refractivity contribution in [3.8, 4) is 5.75 Å². The van der Waals surface area contributed by atoms with E-state index in [9.17, 15) is 9.59 Å². The number of aliphatic imine (C=N–C) groups is 1. The van der Waals surface area contributed by atoms with Gasteiger partial charge in [0, 0.05) is 12.2 Å². The van der Waals surface area contributed by atoms with Gasteiger partial charge in [-0.15, -0.1) is 0 Å². The van der Waals surface area contributed by atoms with Crippen LogP contribution in [0.5, 0.6) is 5.75 Å². The highest BCUT2D eigenvalue weighted by Crippen LogP contribution is 2.40. The molecule has 2 aliphatic heterocycles. The molecule has 0 aliphatic carbocycles. The average molecular weight is 386 g/mol. The van der Waals surface area contributed by atoms with Gasteiger partial charge in [-0.3, -0.25) is 9.69 Å². The largest absolute Gasteiger partial charge is 0.490 e. The summed E-state index contributed by atoms with van der Waals surface area (Å²) < 4.78 is 10.8. The van der Waals surface area contributed by atoms with E-state index in [0.29, 0.717) is 41.0 Å². The number of amidine groups is 1. The summed E-state index contributed by atoms with van der Waals surface area (Å²) >= 11 is 1.53. The van der Waals surface area contributed by atoms with Crippen molar-refractivity contribution < 1.29 is 19.1 Å². The van der Waals surface area contributed by atoms with Crippen LogP contribution >= 0.6 is 11.8 Å². The maximum absolute atomic E-state index is 12.7. The lowest BCUT2D eigenvalue weighted by Crippen LogP contribution is -2.45. The lowest BCUT2D eigenvalue weighted by atomic mass is 9.94. The molecule has 0 bridgehead atoms. The van der Waals surface area contributed by atoms with Gasteiger partial charge in [0.2, 0.25) is 5.91 Å². The average Bonchev–Trinajstić information content (AvgIpc) is 2.66. The molecular weight excluding hydrogens is 364 g/mol. The summed E-state index contributed by atoms with van der Waals surface area (Å²) in [4.78, 5) is 31.4. The number of carbonyl (C=O) groups is 2. The quantitative estimate of drug-likeness (QED) is 0.553. The van der Waals surface area contributed by atoms with Crippen LogP contribution in [0.15, 0.2) is 53.2 Å². The molecule has 1 saturated heterocycles. The van der Waals surface area contributed by atoms with Gasteiger partial charge in [-0.2, -0.15) is 0 Å². The first kappa shape index (κ1) is 19.2. The molecule has 0 radical (unpaired) electrons. The Morgan fingerprint density at radius 3 is 2.81 bits per heavy atom. The lowest BCUT2D eigenvalue weighted by Gasteiger charge is -2.38. The molecule has 1 unspecified atom stereocenters. The van der Waals surface area contributed by atoms with Gasteiger partial charge in [-0.05, 0) is 31.5 Å². The van der Waals surface area contributed by atoms with Crippen LogP contribution in [0.25, 0.3) is 0 Å². The van der Waals surface area contributed by atoms with Crippen LogP contribution in [0.3, 0.4) is 0 Å². The zero-order chi connectivity index (χ0) is 19.4. The van der Waals surface area contributed by atoms with E-state index in [1.54, 1.807) is 24.8 Å². The Balaban J connectivity index is 2.04. The second-order valence-electron chi connectivity index (χ2n) is 6.05. The molecule has 7 heteroatoms. The number of amides is 1. The predicted octanol–water partition coefficient (Wildman–Crippen LogP) is 3.46. The molecule has 27 heavy (non-hydrogen) atoms. The second kappa shape index (κ2) is 8.43. The molecule has 1 amide bonds. The highest BCUT2D eigenvalue weighted by Gasteiger charge is 2.41. The number of hydrogen-bond donors (Lipinski definition) is 0. The zero-order valence-electron chi connectivity index (χ0n) is 15.4. The first-order valence-corrected chi connectivity index (χ1v) is 9.80. The molecule has 0 spiro atoms. The van der Waals surface area contributed by atoms with Gasteiger partial charge in [0.15, 0.2) is 5.17 Å². The molecule has 0 N–H and O–H groups in total. The van der Waals surface area contributed by atoms with Crippen LogP contribution in [0, 0.1) is 0 Å². The molecule has 1 fully saturated rings. The summed E-state index contributed by atoms with van der Waals surface area (Å²) in [7, 11) is 0. The number of hydrogen-bond acceptors (Lipinski definition) is 6. The van der Waals surface area contributed by atoms with Crippen LogP contribution in [0.4, 0.5) is 0 Å². The summed E-state index contributed by atoms with van der Waals surface area (Å²) in [6, 6.07) is 6.83. The number of allylic oxidation sites excluding steroid dienone is 1. The van der Waals surface area contributed by atoms with Gasteiger partial charge < -0.3 is 9.47 Å². The summed E-state index contributed by atoms with van der Waals surface area (Å²) in [5.41, 5.74) is 1.79. The summed E-state index contributed by atoms with van der Waals surface area (Å²) in [6.45, 7) is 7.84. The van der Waals surface area contributed by atoms with Crippen LogP contribution in [0.2, 0.25) is 0 Å². The molecule has 1 atom stereocenters. The maximum Gasteiger partial charge on any atom is 0.338 e. The molecule has 3 rings (SSSR count). The third kappa shape index (κ3) is 3.93. The Kier molecular flexibility index (Phi) is 6.01. The van der Waals surface area contributed by atoms with Crippen molar-refractivity contribution in [3.05, 3.63) is 53.8 Å². The van der Waals surface area contributed by atoms with Crippen LogP contribution in [-0.2, 0) is 14.3 Å². The molecule has 6 nitrogen and oxygen atoms in total. The monoisotopic (exact) mass is 386 g/mol. The summed E-state index contributed by atoms with van der Waals surface area (Å²) in [5, 5.41) is 0.633. The Morgan fingerprint density at radius 2 is 2.15 bits per heavy atom. The van der Waals surface area contributed by atoms with E-state index in [-0.39, 0.29) is 12.5 Å². The fourth-order valence-electron chi connectivity index (χ4n) is 3.08. The molecular formula is C20H22N2O4S. The third-order valence-corrected chi connectivity index (χ3v) is 5.22.